The first-order valence-corrected chi connectivity index (χ1v) is 6.23. The highest BCUT2D eigenvalue weighted by atomic mass is 19.1. The quantitative estimate of drug-likeness (QED) is 0.912. The van der Waals surface area contributed by atoms with Crippen molar-refractivity contribution in [3.05, 3.63) is 41.8 Å². The lowest BCUT2D eigenvalue weighted by atomic mass is 10.1. The van der Waals surface area contributed by atoms with Gasteiger partial charge in [-0.25, -0.2) is 4.39 Å². The standard InChI is InChI=1S/C13H14FN3O2/c14-10-2-1-3-11(6-10)18-8-12-16-13(19-17-12)9-4-5-15-7-9/h1-3,6,9,15H,4-5,7-8H2/t9-/m1/s1. The predicted molar refractivity (Wildman–Crippen MR) is 65.3 cm³/mol. The summed E-state index contributed by atoms with van der Waals surface area (Å²) in [5, 5.41) is 7.11. The maximum atomic E-state index is 13.0. The van der Waals surface area contributed by atoms with Gasteiger partial charge in [-0.1, -0.05) is 11.2 Å². The minimum absolute atomic E-state index is 0.174. The van der Waals surface area contributed by atoms with Crippen LogP contribution >= 0.6 is 0 Å². The van der Waals surface area contributed by atoms with E-state index in [-0.39, 0.29) is 18.3 Å². The second-order valence-electron chi connectivity index (χ2n) is 4.48. The SMILES string of the molecule is Fc1cccc(OCc2noc([C@@H]3CCNC3)n2)c1. The van der Waals surface area contributed by atoms with E-state index in [9.17, 15) is 4.39 Å². The van der Waals surface area contributed by atoms with Gasteiger partial charge >= 0.3 is 0 Å². The van der Waals surface area contributed by atoms with Crippen molar-refractivity contribution in [1.29, 1.82) is 0 Å². The fourth-order valence-electron chi connectivity index (χ4n) is 2.06. The molecule has 6 heteroatoms. The molecule has 0 aliphatic carbocycles. The van der Waals surface area contributed by atoms with Crippen molar-refractivity contribution in [3.8, 4) is 5.75 Å². The van der Waals surface area contributed by atoms with Crippen molar-refractivity contribution in [2.45, 2.75) is 18.9 Å². The molecular weight excluding hydrogens is 249 g/mol. The van der Waals surface area contributed by atoms with Gasteiger partial charge in [0, 0.05) is 12.6 Å². The first-order valence-electron chi connectivity index (χ1n) is 6.23. The molecule has 2 heterocycles. The summed E-state index contributed by atoms with van der Waals surface area (Å²) in [7, 11) is 0. The third-order valence-electron chi connectivity index (χ3n) is 3.06. The Morgan fingerprint density at radius 3 is 3.21 bits per heavy atom. The van der Waals surface area contributed by atoms with Crippen LogP contribution in [0.5, 0.6) is 5.75 Å². The highest BCUT2D eigenvalue weighted by molar-refractivity contribution is 5.22. The van der Waals surface area contributed by atoms with E-state index in [0.29, 0.717) is 17.5 Å². The zero-order chi connectivity index (χ0) is 13.1. The molecule has 19 heavy (non-hydrogen) atoms. The third-order valence-corrected chi connectivity index (χ3v) is 3.06. The lowest BCUT2D eigenvalue weighted by Crippen LogP contribution is -2.08. The number of hydrogen-bond acceptors (Lipinski definition) is 5. The van der Waals surface area contributed by atoms with Crippen LogP contribution in [0.3, 0.4) is 0 Å². The average Bonchev–Trinajstić information content (AvgIpc) is 3.07. The van der Waals surface area contributed by atoms with Crippen LogP contribution in [0.2, 0.25) is 0 Å². The summed E-state index contributed by atoms with van der Waals surface area (Å²) in [5.41, 5.74) is 0. The van der Waals surface area contributed by atoms with E-state index < -0.39 is 0 Å². The number of halogens is 1. The van der Waals surface area contributed by atoms with E-state index >= 15 is 0 Å². The molecule has 1 fully saturated rings. The van der Waals surface area contributed by atoms with Gasteiger partial charge in [0.25, 0.3) is 0 Å². The van der Waals surface area contributed by atoms with Crippen LogP contribution in [0.25, 0.3) is 0 Å². The molecular formula is C13H14FN3O2. The molecule has 0 radical (unpaired) electrons. The lowest BCUT2D eigenvalue weighted by molar-refractivity contribution is 0.283. The highest BCUT2D eigenvalue weighted by Crippen LogP contribution is 2.20. The molecule has 2 aromatic rings. The molecule has 0 amide bonds. The third kappa shape index (κ3) is 2.90. The minimum atomic E-state index is -0.330. The van der Waals surface area contributed by atoms with Crippen LogP contribution in [-0.4, -0.2) is 23.2 Å². The lowest BCUT2D eigenvalue weighted by Gasteiger charge is -2.02. The summed E-state index contributed by atoms with van der Waals surface area (Å²) in [4.78, 5) is 4.29. The summed E-state index contributed by atoms with van der Waals surface area (Å²) in [6.07, 6.45) is 1.01. The molecule has 1 N–H and O–H groups in total. The molecule has 0 unspecified atom stereocenters. The number of benzene rings is 1. The molecule has 0 spiro atoms. The first-order chi connectivity index (χ1) is 9.31. The van der Waals surface area contributed by atoms with Crippen molar-refractivity contribution in [3.63, 3.8) is 0 Å². The Hall–Kier alpha value is -1.95. The Balaban J connectivity index is 1.61. The van der Waals surface area contributed by atoms with Gasteiger partial charge in [0.15, 0.2) is 6.61 Å². The van der Waals surface area contributed by atoms with Gasteiger partial charge in [-0.05, 0) is 25.1 Å². The normalized spacial score (nSPS) is 18.7. The minimum Gasteiger partial charge on any atom is -0.485 e. The maximum absolute atomic E-state index is 13.0. The fraction of sp³-hybridized carbons (Fsp3) is 0.385. The summed E-state index contributed by atoms with van der Waals surface area (Å²) in [6, 6.07) is 5.97. The molecule has 1 aliphatic heterocycles. The molecule has 1 aromatic heterocycles. The fourth-order valence-corrected chi connectivity index (χ4v) is 2.06. The van der Waals surface area contributed by atoms with E-state index in [1.807, 2.05) is 0 Å². The summed E-state index contributed by atoms with van der Waals surface area (Å²) < 4.78 is 23.6. The Morgan fingerprint density at radius 2 is 2.42 bits per heavy atom. The second kappa shape index (κ2) is 5.36. The predicted octanol–water partition coefficient (Wildman–Crippen LogP) is 1.86. The van der Waals surface area contributed by atoms with Gasteiger partial charge in [0.1, 0.15) is 11.6 Å². The first kappa shape index (κ1) is 12.1. The van der Waals surface area contributed by atoms with Crippen molar-refractivity contribution in [1.82, 2.24) is 15.5 Å². The van der Waals surface area contributed by atoms with Crippen LogP contribution in [0.15, 0.2) is 28.8 Å². The van der Waals surface area contributed by atoms with Crippen LogP contribution in [0.4, 0.5) is 4.39 Å². The van der Waals surface area contributed by atoms with Gasteiger partial charge in [0.05, 0.1) is 5.92 Å². The molecule has 1 aromatic carbocycles. The van der Waals surface area contributed by atoms with Crippen LogP contribution in [-0.2, 0) is 6.61 Å². The molecule has 100 valence electrons. The van der Waals surface area contributed by atoms with E-state index in [4.69, 9.17) is 9.26 Å². The highest BCUT2D eigenvalue weighted by Gasteiger charge is 2.22. The van der Waals surface area contributed by atoms with Crippen molar-refractivity contribution in [2.24, 2.45) is 0 Å². The Kier molecular flexibility index (Phi) is 3.41. The van der Waals surface area contributed by atoms with Gasteiger partial charge in [-0.3, -0.25) is 0 Å². The van der Waals surface area contributed by atoms with Crippen molar-refractivity contribution < 1.29 is 13.7 Å². The molecule has 3 rings (SSSR count). The zero-order valence-corrected chi connectivity index (χ0v) is 10.3. The number of aromatic nitrogens is 2. The summed E-state index contributed by atoms with van der Waals surface area (Å²) in [5.74, 6) is 1.53. The molecule has 0 saturated carbocycles. The van der Waals surface area contributed by atoms with Crippen molar-refractivity contribution >= 4 is 0 Å². The van der Waals surface area contributed by atoms with Crippen molar-refractivity contribution in [2.75, 3.05) is 13.1 Å². The van der Waals surface area contributed by atoms with E-state index in [0.717, 1.165) is 19.5 Å². The summed E-state index contributed by atoms with van der Waals surface area (Å²) >= 11 is 0. The monoisotopic (exact) mass is 263 g/mol. The number of rotatable bonds is 4. The topological polar surface area (TPSA) is 60.2 Å². The Bertz CT molecular complexity index is 552. The van der Waals surface area contributed by atoms with E-state index in [1.165, 1.54) is 12.1 Å². The van der Waals surface area contributed by atoms with Crippen LogP contribution in [0, 0.1) is 5.82 Å². The van der Waals surface area contributed by atoms with Gasteiger partial charge in [-0.15, -0.1) is 0 Å². The summed E-state index contributed by atoms with van der Waals surface area (Å²) in [6.45, 7) is 2.02. The maximum Gasteiger partial charge on any atom is 0.231 e. The molecule has 1 aliphatic rings. The van der Waals surface area contributed by atoms with Crippen LogP contribution in [0.1, 0.15) is 24.1 Å². The molecule has 0 bridgehead atoms. The molecule has 1 atom stereocenters. The smallest absolute Gasteiger partial charge is 0.231 e. The van der Waals surface area contributed by atoms with E-state index in [2.05, 4.69) is 15.5 Å². The van der Waals surface area contributed by atoms with Gasteiger partial charge in [0.2, 0.25) is 11.7 Å². The zero-order valence-electron chi connectivity index (χ0n) is 10.3. The second-order valence-corrected chi connectivity index (χ2v) is 4.48. The average molecular weight is 263 g/mol. The Morgan fingerprint density at radius 1 is 1.47 bits per heavy atom. The largest absolute Gasteiger partial charge is 0.485 e. The molecule has 5 nitrogen and oxygen atoms in total. The molecule has 1 saturated heterocycles. The number of nitrogens with zero attached hydrogens (tertiary/aromatic N) is 2. The number of hydrogen-bond donors (Lipinski definition) is 1. The number of ether oxygens (including phenoxy) is 1. The van der Waals surface area contributed by atoms with Crippen LogP contribution < -0.4 is 10.1 Å². The van der Waals surface area contributed by atoms with Gasteiger partial charge in [-0.2, -0.15) is 4.98 Å². The van der Waals surface area contributed by atoms with E-state index in [1.54, 1.807) is 12.1 Å². The number of nitrogens with one attached hydrogen (secondary N) is 1. The Labute approximate surface area is 109 Å². The van der Waals surface area contributed by atoms with Gasteiger partial charge < -0.3 is 14.6 Å².